The first-order chi connectivity index (χ1) is 13.3. The summed E-state index contributed by atoms with van der Waals surface area (Å²) in [5.74, 6) is -0.539. The van der Waals surface area contributed by atoms with Crippen LogP contribution in [-0.4, -0.2) is 68.2 Å². The zero-order chi connectivity index (χ0) is 21.4. The second kappa shape index (κ2) is 16.2. The molecule has 0 aliphatic heterocycles. The second-order valence-corrected chi connectivity index (χ2v) is 7.77. The van der Waals surface area contributed by atoms with Crippen molar-refractivity contribution < 1.29 is 23.9 Å². The number of esters is 1. The van der Waals surface area contributed by atoms with Crippen molar-refractivity contribution in [3.05, 3.63) is 0 Å². The Morgan fingerprint density at radius 3 is 1.93 bits per heavy atom. The molecule has 0 aromatic carbocycles. The van der Waals surface area contributed by atoms with Gasteiger partial charge in [0, 0.05) is 14.1 Å². The maximum absolute atomic E-state index is 12.1. The maximum Gasteiger partial charge on any atom is 0.409 e. The molecular formula is C21H40N2O5. The predicted octanol–water partition coefficient (Wildman–Crippen LogP) is 3.85. The van der Waals surface area contributed by atoms with Gasteiger partial charge in [-0.1, -0.05) is 65.7 Å². The minimum atomic E-state index is -0.548. The first-order valence-corrected chi connectivity index (χ1v) is 10.5. The van der Waals surface area contributed by atoms with E-state index in [1.807, 2.05) is 13.8 Å². The van der Waals surface area contributed by atoms with Crippen molar-refractivity contribution in [2.75, 3.05) is 40.4 Å². The van der Waals surface area contributed by atoms with Crippen LogP contribution in [0.2, 0.25) is 0 Å². The van der Waals surface area contributed by atoms with Crippen LogP contribution < -0.4 is 0 Å². The number of nitrogens with zero attached hydrogens (tertiary/aromatic N) is 2. The van der Waals surface area contributed by atoms with Crippen molar-refractivity contribution in [3.8, 4) is 0 Å². The number of hydrogen-bond acceptors (Lipinski definition) is 5. The second-order valence-electron chi connectivity index (χ2n) is 7.77. The lowest BCUT2D eigenvalue weighted by Gasteiger charge is -2.21. The van der Waals surface area contributed by atoms with Gasteiger partial charge in [-0.3, -0.25) is 9.59 Å². The largest absolute Gasteiger partial charge is 0.464 e. The zero-order valence-corrected chi connectivity index (χ0v) is 18.5. The minimum Gasteiger partial charge on any atom is -0.464 e. The van der Waals surface area contributed by atoms with Gasteiger partial charge in [-0.05, 0) is 12.3 Å². The molecule has 7 nitrogen and oxygen atoms in total. The standard InChI is InChI=1S/C21H40N2O5/c1-6-7-8-9-10-11-12-13-14-27-20(25)16-22(4)19(24)15-23(5)21(26)28-17-18(2)3/h18H,6-17H2,1-5H3. The summed E-state index contributed by atoms with van der Waals surface area (Å²) in [6.45, 7) is 6.51. The Morgan fingerprint density at radius 2 is 1.36 bits per heavy atom. The Bertz CT molecular complexity index is 454. The number of hydrogen-bond donors (Lipinski definition) is 0. The first-order valence-electron chi connectivity index (χ1n) is 10.5. The molecule has 0 rings (SSSR count). The SMILES string of the molecule is CCCCCCCCCCOC(=O)CN(C)C(=O)CN(C)C(=O)OCC(C)C. The fourth-order valence-corrected chi connectivity index (χ4v) is 2.49. The van der Waals surface area contributed by atoms with E-state index in [1.165, 1.54) is 62.4 Å². The number of likely N-dealkylation sites (N-methyl/N-ethyl adjacent to an activating group) is 2. The lowest BCUT2D eigenvalue weighted by Crippen LogP contribution is -2.42. The number of carbonyl (C=O) groups excluding carboxylic acids is 3. The fraction of sp³-hybridized carbons (Fsp3) is 0.857. The van der Waals surface area contributed by atoms with Gasteiger partial charge in [0.05, 0.1) is 13.2 Å². The molecule has 28 heavy (non-hydrogen) atoms. The summed E-state index contributed by atoms with van der Waals surface area (Å²) in [5, 5.41) is 0. The van der Waals surface area contributed by atoms with Crippen LogP contribution in [0.25, 0.3) is 0 Å². The number of rotatable bonds is 15. The lowest BCUT2D eigenvalue weighted by atomic mass is 10.1. The predicted molar refractivity (Wildman–Crippen MR) is 110 cm³/mol. The monoisotopic (exact) mass is 400 g/mol. The summed E-state index contributed by atoms with van der Waals surface area (Å²) in [7, 11) is 3.02. The summed E-state index contributed by atoms with van der Waals surface area (Å²) < 4.78 is 10.3. The van der Waals surface area contributed by atoms with E-state index < -0.39 is 12.1 Å². The Morgan fingerprint density at radius 1 is 0.786 bits per heavy atom. The molecule has 0 spiro atoms. The first kappa shape index (κ1) is 26.2. The summed E-state index contributed by atoms with van der Waals surface area (Å²) in [6, 6.07) is 0. The van der Waals surface area contributed by atoms with Crippen molar-refractivity contribution in [3.63, 3.8) is 0 Å². The molecule has 2 amide bonds. The molecule has 0 N–H and O–H groups in total. The summed E-state index contributed by atoms with van der Waals surface area (Å²) in [6.07, 6.45) is 8.89. The summed E-state index contributed by atoms with van der Waals surface area (Å²) in [5.41, 5.74) is 0. The van der Waals surface area contributed by atoms with E-state index in [9.17, 15) is 14.4 Å². The van der Waals surface area contributed by atoms with E-state index in [4.69, 9.17) is 9.47 Å². The van der Waals surface area contributed by atoms with Crippen LogP contribution in [0.4, 0.5) is 4.79 Å². The molecule has 0 fully saturated rings. The van der Waals surface area contributed by atoms with Gasteiger partial charge in [-0.2, -0.15) is 0 Å². The van der Waals surface area contributed by atoms with Crippen LogP contribution in [0.15, 0.2) is 0 Å². The highest BCUT2D eigenvalue weighted by Crippen LogP contribution is 2.08. The van der Waals surface area contributed by atoms with Crippen LogP contribution >= 0.6 is 0 Å². The number of unbranched alkanes of at least 4 members (excludes halogenated alkanes) is 7. The molecule has 0 aliphatic rings. The van der Waals surface area contributed by atoms with Crippen LogP contribution in [0.5, 0.6) is 0 Å². The minimum absolute atomic E-state index is 0.120. The molecule has 0 bridgehead atoms. The molecule has 164 valence electrons. The highest BCUT2D eigenvalue weighted by Gasteiger charge is 2.19. The van der Waals surface area contributed by atoms with Crippen LogP contribution in [0, 0.1) is 5.92 Å². The van der Waals surface area contributed by atoms with E-state index in [0.717, 1.165) is 12.8 Å². The van der Waals surface area contributed by atoms with Gasteiger partial charge in [0.15, 0.2) is 0 Å². The van der Waals surface area contributed by atoms with E-state index in [2.05, 4.69) is 6.92 Å². The maximum atomic E-state index is 12.1. The third kappa shape index (κ3) is 14.3. The average Bonchev–Trinajstić information content (AvgIpc) is 2.64. The number of carbonyl (C=O) groups is 3. The molecule has 0 unspecified atom stereocenters. The van der Waals surface area contributed by atoms with E-state index >= 15 is 0 Å². The van der Waals surface area contributed by atoms with Gasteiger partial charge in [-0.15, -0.1) is 0 Å². The van der Waals surface area contributed by atoms with E-state index in [-0.39, 0.29) is 24.9 Å². The molecule has 0 aliphatic carbocycles. The quantitative estimate of drug-likeness (QED) is 0.308. The third-order valence-corrected chi connectivity index (χ3v) is 4.28. The van der Waals surface area contributed by atoms with Gasteiger partial charge in [0.25, 0.3) is 0 Å². The van der Waals surface area contributed by atoms with Crippen LogP contribution in [-0.2, 0) is 19.1 Å². The Kier molecular flexibility index (Phi) is 15.2. The van der Waals surface area contributed by atoms with Gasteiger partial charge in [0.2, 0.25) is 5.91 Å². The Hall–Kier alpha value is -1.79. The molecule has 0 aromatic heterocycles. The Balaban J connectivity index is 3.86. The van der Waals surface area contributed by atoms with Gasteiger partial charge in [0.1, 0.15) is 13.1 Å². The number of amides is 2. The van der Waals surface area contributed by atoms with Crippen LogP contribution in [0.1, 0.15) is 72.1 Å². The normalized spacial score (nSPS) is 10.6. The van der Waals surface area contributed by atoms with Crippen molar-refractivity contribution in [2.45, 2.75) is 72.1 Å². The topological polar surface area (TPSA) is 76.2 Å². The summed E-state index contributed by atoms with van der Waals surface area (Å²) in [4.78, 5) is 38.2. The molecule has 0 heterocycles. The molecule has 0 atom stereocenters. The van der Waals surface area contributed by atoms with Crippen molar-refractivity contribution in [1.82, 2.24) is 9.80 Å². The average molecular weight is 401 g/mol. The van der Waals surface area contributed by atoms with Crippen molar-refractivity contribution in [1.29, 1.82) is 0 Å². The smallest absolute Gasteiger partial charge is 0.409 e. The lowest BCUT2D eigenvalue weighted by molar-refractivity contribution is -0.148. The highest BCUT2D eigenvalue weighted by atomic mass is 16.6. The highest BCUT2D eigenvalue weighted by molar-refractivity contribution is 5.85. The summed E-state index contributed by atoms with van der Waals surface area (Å²) >= 11 is 0. The third-order valence-electron chi connectivity index (χ3n) is 4.28. The van der Waals surface area contributed by atoms with Crippen molar-refractivity contribution >= 4 is 18.0 Å². The number of ether oxygens (including phenoxy) is 2. The van der Waals surface area contributed by atoms with Gasteiger partial charge in [-0.25, -0.2) is 4.79 Å². The molecule has 0 saturated carbocycles. The van der Waals surface area contributed by atoms with E-state index in [0.29, 0.717) is 13.2 Å². The molecule has 0 saturated heterocycles. The fourth-order valence-electron chi connectivity index (χ4n) is 2.49. The molecule has 0 aromatic rings. The van der Waals surface area contributed by atoms with E-state index in [1.54, 1.807) is 0 Å². The zero-order valence-electron chi connectivity index (χ0n) is 18.5. The molecular weight excluding hydrogens is 360 g/mol. The molecule has 7 heteroatoms. The van der Waals surface area contributed by atoms with Crippen molar-refractivity contribution in [2.24, 2.45) is 5.92 Å². The van der Waals surface area contributed by atoms with Gasteiger partial charge >= 0.3 is 12.1 Å². The molecule has 0 radical (unpaired) electrons. The van der Waals surface area contributed by atoms with Gasteiger partial charge < -0.3 is 19.3 Å². The Labute approximate surface area is 170 Å². The van der Waals surface area contributed by atoms with Crippen LogP contribution in [0.3, 0.4) is 0 Å².